The third-order valence-electron chi connectivity index (χ3n) is 5.25. The number of halogens is 1. The smallest absolute Gasteiger partial charge is 0.294 e. The number of anilines is 1. The Bertz CT molecular complexity index is 832. The van der Waals surface area contributed by atoms with E-state index in [1.807, 2.05) is 18.2 Å². The van der Waals surface area contributed by atoms with Crippen LogP contribution < -0.4 is 4.90 Å². The van der Waals surface area contributed by atoms with Crippen LogP contribution in [0.15, 0.2) is 27.6 Å². The second kappa shape index (κ2) is 9.80. The van der Waals surface area contributed by atoms with Crippen molar-refractivity contribution in [1.29, 1.82) is 0 Å². The van der Waals surface area contributed by atoms with Crippen LogP contribution in [0.25, 0.3) is 6.08 Å². The summed E-state index contributed by atoms with van der Waals surface area (Å²) in [5, 5.41) is -0.384. The molecule has 0 N–H and O–H groups in total. The number of imide groups is 1. The zero-order valence-corrected chi connectivity index (χ0v) is 19.2. The van der Waals surface area contributed by atoms with E-state index in [2.05, 4.69) is 34.7 Å². The van der Waals surface area contributed by atoms with E-state index in [9.17, 15) is 14.4 Å². The second-order valence-electron chi connectivity index (χ2n) is 7.09. The van der Waals surface area contributed by atoms with Crippen molar-refractivity contribution in [3.05, 3.63) is 33.1 Å². The molecule has 3 amide bonds. The molecule has 0 radical (unpaired) electrons. The van der Waals surface area contributed by atoms with Crippen LogP contribution in [0.5, 0.6) is 0 Å². The van der Waals surface area contributed by atoms with Gasteiger partial charge in [0, 0.05) is 30.7 Å². The van der Waals surface area contributed by atoms with Crippen LogP contribution in [0.4, 0.5) is 10.5 Å². The molecular weight excluding hydrogens is 454 g/mol. The highest BCUT2D eigenvalue weighted by Gasteiger charge is 2.37. The molecule has 0 saturated carbocycles. The number of rotatable bonds is 6. The Kier molecular flexibility index (Phi) is 7.40. The number of hydrogen-bond donors (Lipinski definition) is 0. The molecule has 0 unspecified atom stereocenters. The van der Waals surface area contributed by atoms with E-state index >= 15 is 0 Å². The van der Waals surface area contributed by atoms with Crippen LogP contribution in [0, 0.1) is 0 Å². The molecule has 1 aromatic rings. The number of nitrogens with zero attached hydrogens (tertiary/aromatic N) is 3. The van der Waals surface area contributed by atoms with Gasteiger partial charge in [-0.3, -0.25) is 19.3 Å². The maximum atomic E-state index is 12.7. The minimum absolute atomic E-state index is 0.153. The van der Waals surface area contributed by atoms with Crippen molar-refractivity contribution in [2.45, 2.75) is 33.1 Å². The van der Waals surface area contributed by atoms with E-state index in [1.165, 1.54) is 0 Å². The average Bonchev–Trinajstić information content (AvgIpc) is 2.98. The fourth-order valence-corrected chi connectivity index (χ4v) is 5.09. The Morgan fingerprint density at radius 2 is 1.86 bits per heavy atom. The lowest BCUT2D eigenvalue weighted by molar-refractivity contribution is -0.136. The largest absolute Gasteiger partial charge is 0.371 e. The third kappa shape index (κ3) is 5.04. The summed E-state index contributed by atoms with van der Waals surface area (Å²) >= 11 is 4.50. The maximum absolute atomic E-state index is 12.7. The van der Waals surface area contributed by atoms with Crippen molar-refractivity contribution < 1.29 is 14.4 Å². The van der Waals surface area contributed by atoms with Gasteiger partial charge >= 0.3 is 0 Å². The molecule has 2 heterocycles. The second-order valence-corrected chi connectivity index (χ2v) is 8.94. The molecule has 29 heavy (non-hydrogen) atoms. The highest BCUT2D eigenvalue weighted by atomic mass is 79.9. The van der Waals surface area contributed by atoms with Crippen LogP contribution in [-0.4, -0.2) is 59.6 Å². The molecule has 156 valence electrons. The number of thioether (sulfide) groups is 1. The summed E-state index contributed by atoms with van der Waals surface area (Å²) in [6, 6.07) is 5.89. The van der Waals surface area contributed by atoms with E-state index in [-0.39, 0.29) is 17.7 Å². The molecule has 2 aliphatic heterocycles. The lowest BCUT2D eigenvalue weighted by atomic mass is 10.1. The highest BCUT2D eigenvalue weighted by Crippen LogP contribution is 2.34. The monoisotopic (exact) mass is 479 g/mol. The van der Waals surface area contributed by atoms with E-state index < -0.39 is 5.91 Å². The van der Waals surface area contributed by atoms with Gasteiger partial charge in [0.15, 0.2) is 0 Å². The lowest BCUT2D eigenvalue weighted by Gasteiger charge is -2.27. The number of benzene rings is 1. The fourth-order valence-electron chi connectivity index (χ4n) is 3.60. The van der Waals surface area contributed by atoms with Gasteiger partial charge in [0.1, 0.15) is 6.54 Å². The van der Waals surface area contributed by atoms with Crippen molar-refractivity contribution in [3.63, 3.8) is 0 Å². The number of piperidine rings is 1. The highest BCUT2D eigenvalue weighted by molar-refractivity contribution is 9.10. The standard InChI is InChI=1S/C21H26BrN3O3S/c1-3-23(4-2)17-9-8-15(12-16(17)22)13-18-20(27)25(21(28)29-18)14-19(26)24-10-6-5-7-11-24/h8-9,12-13H,3-7,10-11,14H2,1-2H3/b18-13-. The van der Waals surface area contributed by atoms with E-state index in [4.69, 9.17) is 0 Å². The summed E-state index contributed by atoms with van der Waals surface area (Å²) in [5.41, 5.74) is 1.92. The van der Waals surface area contributed by atoms with E-state index in [0.717, 1.165) is 64.7 Å². The number of carbonyl (C=O) groups excluding carboxylic acids is 3. The Hall–Kier alpha value is -1.80. The number of hydrogen-bond acceptors (Lipinski definition) is 5. The van der Waals surface area contributed by atoms with Crippen molar-refractivity contribution >= 4 is 56.5 Å². The van der Waals surface area contributed by atoms with Gasteiger partial charge in [-0.05, 0) is 84.6 Å². The van der Waals surface area contributed by atoms with Gasteiger partial charge in [0.05, 0.1) is 10.6 Å². The first-order valence-electron chi connectivity index (χ1n) is 10.0. The normalized spacial score (nSPS) is 18.7. The molecule has 6 nitrogen and oxygen atoms in total. The molecule has 2 aliphatic rings. The molecule has 0 bridgehead atoms. The van der Waals surface area contributed by atoms with Gasteiger partial charge in [-0.1, -0.05) is 6.07 Å². The van der Waals surface area contributed by atoms with Crippen LogP contribution in [0.3, 0.4) is 0 Å². The van der Waals surface area contributed by atoms with E-state index in [0.29, 0.717) is 18.0 Å². The molecule has 2 saturated heterocycles. The average molecular weight is 480 g/mol. The van der Waals surface area contributed by atoms with Crippen LogP contribution >= 0.6 is 27.7 Å². The zero-order chi connectivity index (χ0) is 21.0. The summed E-state index contributed by atoms with van der Waals surface area (Å²) in [6.07, 6.45) is 4.79. The van der Waals surface area contributed by atoms with Crippen LogP contribution in [-0.2, 0) is 9.59 Å². The zero-order valence-electron chi connectivity index (χ0n) is 16.8. The molecule has 0 aromatic heterocycles. The molecular formula is C21H26BrN3O3S. The number of carbonyl (C=O) groups is 3. The molecule has 0 aliphatic carbocycles. The van der Waals surface area contributed by atoms with Crippen LogP contribution in [0.2, 0.25) is 0 Å². The summed E-state index contributed by atoms with van der Waals surface area (Å²) in [4.78, 5) is 42.9. The summed E-state index contributed by atoms with van der Waals surface area (Å²) in [7, 11) is 0. The first-order chi connectivity index (χ1) is 13.9. The molecule has 0 spiro atoms. The summed E-state index contributed by atoms with van der Waals surface area (Å²) in [6.45, 7) is 7.25. The minimum Gasteiger partial charge on any atom is -0.371 e. The van der Waals surface area contributed by atoms with E-state index in [1.54, 1.807) is 11.0 Å². The Morgan fingerprint density at radius 3 is 2.48 bits per heavy atom. The van der Waals surface area contributed by atoms with Crippen molar-refractivity contribution in [3.8, 4) is 0 Å². The van der Waals surface area contributed by atoms with Crippen molar-refractivity contribution in [2.75, 3.05) is 37.6 Å². The Morgan fingerprint density at radius 1 is 1.17 bits per heavy atom. The SMILES string of the molecule is CCN(CC)c1ccc(/C=C2\SC(=O)N(CC(=O)N3CCCCC3)C2=O)cc1Br. The van der Waals surface area contributed by atoms with Gasteiger partial charge in [0.2, 0.25) is 5.91 Å². The lowest BCUT2D eigenvalue weighted by Crippen LogP contribution is -2.44. The van der Waals surface area contributed by atoms with Gasteiger partial charge < -0.3 is 9.80 Å². The molecule has 1 aromatic carbocycles. The van der Waals surface area contributed by atoms with Gasteiger partial charge in [-0.15, -0.1) is 0 Å². The summed E-state index contributed by atoms with van der Waals surface area (Å²) in [5.74, 6) is -0.547. The third-order valence-corrected chi connectivity index (χ3v) is 6.79. The van der Waals surface area contributed by atoms with Crippen LogP contribution in [0.1, 0.15) is 38.7 Å². The van der Waals surface area contributed by atoms with Gasteiger partial charge in [-0.25, -0.2) is 0 Å². The first-order valence-corrected chi connectivity index (χ1v) is 11.6. The maximum Gasteiger partial charge on any atom is 0.294 e. The van der Waals surface area contributed by atoms with Gasteiger partial charge in [0.25, 0.3) is 11.1 Å². The Balaban J connectivity index is 1.72. The summed E-state index contributed by atoms with van der Waals surface area (Å²) < 4.78 is 0.939. The molecule has 3 rings (SSSR count). The topological polar surface area (TPSA) is 60.9 Å². The predicted molar refractivity (Wildman–Crippen MR) is 121 cm³/mol. The van der Waals surface area contributed by atoms with Crippen molar-refractivity contribution in [1.82, 2.24) is 9.80 Å². The number of likely N-dealkylation sites (tertiary alicyclic amines) is 1. The first kappa shape index (κ1) is 21.9. The minimum atomic E-state index is -0.394. The Labute approximate surface area is 184 Å². The number of amides is 3. The molecule has 0 atom stereocenters. The fraction of sp³-hybridized carbons (Fsp3) is 0.476. The molecule has 8 heteroatoms. The van der Waals surface area contributed by atoms with Gasteiger partial charge in [-0.2, -0.15) is 0 Å². The predicted octanol–water partition coefficient (Wildman–Crippen LogP) is 4.34. The van der Waals surface area contributed by atoms with Crippen molar-refractivity contribution in [2.24, 2.45) is 0 Å². The quantitative estimate of drug-likeness (QED) is 0.567. The molecule has 2 fully saturated rings.